The van der Waals surface area contributed by atoms with Crippen LogP contribution in [0.2, 0.25) is 18.6 Å². The molecule has 1 spiro atoms. The summed E-state index contributed by atoms with van der Waals surface area (Å²) in [5, 5.41) is 20.9. The van der Waals surface area contributed by atoms with E-state index in [1.54, 1.807) is 27.6 Å². The Morgan fingerprint density at radius 1 is 0.946 bits per heavy atom. The number of fused-ring (bicyclic) bond motifs is 2. The van der Waals surface area contributed by atoms with Gasteiger partial charge in [0.15, 0.2) is 5.60 Å². The first kappa shape index (κ1) is 36.6. The van der Waals surface area contributed by atoms with Crippen molar-refractivity contribution in [3.8, 4) is 0 Å². The van der Waals surface area contributed by atoms with E-state index >= 15 is 4.11 Å². The molecular weight excluding hydrogens is 790 g/mol. The monoisotopic (exact) mass is 829 g/mol. The fraction of sp³-hybridized carbons (Fsp3) is 0.273. The first-order valence-electron chi connectivity index (χ1n) is 19.0. The molecule has 1 unspecified atom stereocenters. The predicted molar refractivity (Wildman–Crippen MR) is 220 cm³/mol. The molecule has 1 aromatic heterocycles. The molecule has 1 N–H and O–H groups in total. The lowest BCUT2D eigenvalue weighted by atomic mass is 9.82. The molecule has 9 nitrogen and oxygen atoms in total. The second kappa shape index (κ2) is 13.9. The Morgan fingerprint density at radius 2 is 1.70 bits per heavy atom. The molecule has 3 aliphatic rings. The average Bonchev–Trinajstić information content (AvgIpc) is 3.92. The fourth-order valence-electron chi connectivity index (χ4n) is 9.45. The summed E-state index contributed by atoms with van der Waals surface area (Å²) in [6, 6.07) is 35.0. The normalized spacial score (nSPS) is 22.1. The summed E-state index contributed by atoms with van der Waals surface area (Å²) in [5.41, 5.74) is 4.38. The summed E-state index contributed by atoms with van der Waals surface area (Å²) < 4.78 is 26.0. The van der Waals surface area contributed by atoms with Crippen LogP contribution in [-0.2, 0) is 28.2 Å². The van der Waals surface area contributed by atoms with Crippen molar-refractivity contribution in [1.29, 1.82) is 0 Å². The Hall–Kier alpha value is -5.01. The number of halogens is 2. The second-order valence-electron chi connectivity index (χ2n) is 15.7. The Balaban J connectivity index is 0.985. The molecule has 1 saturated heterocycles. The van der Waals surface area contributed by atoms with Gasteiger partial charge in [-0.1, -0.05) is 94.8 Å². The topological polar surface area (TPSA) is 101 Å². The minimum absolute atomic E-state index is 0.0673. The van der Waals surface area contributed by atoms with Gasteiger partial charge in [-0.25, -0.2) is 0 Å². The van der Waals surface area contributed by atoms with Crippen LogP contribution in [0.5, 0.6) is 0 Å². The van der Waals surface area contributed by atoms with Crippen LogP contribution in [0.1, 0.15) is 52.0 Å². The SMILES string of the molecule is C[C@H]1[C@H]([Si](C)(C)F)[C@@H](CCn2cc(C(CO)c3ccccc3)nn2)O[C@]12C(=O)N(Cc1ccc(N3C(=O)c4cccc5cccc3c45)cc1)c1ccc(Br)cc12. The highest BCUT2D eigenvalue weighted by Gasteiger charge is 2.66. The number of aromatic nitrogens is 3. The minimum Gasteiger partial charge on any atom is -0.395 e. The van der Waals surface area contributed by atoms with Crippen molar-refractivity contribution in [2.75, 3.05) is 16.4 Å². The van der Waals surface area contributed by atoms with E-state index in [0.29, 0.717) is 24.2 Å². The zero-order valence-corrected chi connectivity index (χ0v) is 33.9. The van der Waals surface area contributed by atoms with Gasteiger partial charge in [0.05, 0.1) is 47.8 Å². The van der Waals surface area contributed by atoms with Crippen molar-refractivity contribution in [1.82, 2.24) is 15.0 Å². The number of anilines is 3. The lowest BCUT2D eigenvalue weighted by molar-refractivity contribution is -0.146. The van der Waals surface area contributed by atoms with Gasteiger partial charge in [-0.2, -0.15) is 0 Å². The number of aryl methyl sites for hydroxylation is 1. The average molecular weight is 831 g/mol. The number of ether oxygens (including phenoxy) is 1. The molecule has 5 aromatic carbocycles. The lowest BCUT2D eigenvalue weighted by Gasteiger charge is -2.31. The fourth-order valence-corrected chi connectivity index (χ4v) is 12.4. The molecule has 3 aliphatic heterocycles. The highest BCUT2D eigenvalue weighted by molar-refractivity contribution is 9.10. The van der Waals surface area contributed by atoms with Gasteiger partial charge in [0.25, 0.3) is 11.8 Å². The Kier molecular flexibility index (Phi) is 9.07. The first-order valence-corrected chi connectivity index (χ1v) is 22.7. The third-order valence-corrected chi connectivity index (χ3v) is 14.9. The van der Waals surface area contributed by atoms with Gasteiger partial charge in [-0.05, 0) is 78.5 Å². The van der Waals surface area contributed by atoms with Gasteiger partial charge >= 0.3 is 0 Å². The Labute approximate surface area is 334 Å². The van der Waals surface area contributed by atoms with Crippen molar-refractivity contribution in [2.45, 2.75) is 62.7 Å². The molecule has 56 heavy (non-hydrogen) atoms. The molecule has 6 aromatic rings. The van der Waals surface area contributed by atoms with Gasteiger partial charge in [0.2, 0.25) is 8.41 Å². The summed E-state index contributed by atoms with van der Waals surface area (Å²) in [6.07, 6.45) is 1.71. The summed E-state index contributed by atoms with van der Waals surface area (Å²) >= 11 is 3.64. The van der Waals surface area contributed by atoms with Crippen LogP contribution in [0.3, 0.4) is 0 Å². The molecule has 284 valence electrons. The van der Waals surface area contributed by atoms with Gasteiger partial charge < -0.3 is 18.9 Å². The zero-order valence-electron chi connectivity index (χ0n) is 31.3. The van der Waals surface area contributed by atoms with E-state index in [-0.39, 0.29) is 30.9 Å². The van der Waals surface area contributed by atoms with Crippen molar-refractivity contribution in [2.24, 2.45) is 5.92 Å². The molecule has 12 heteroatoms. The Morgan fingerprint density at radius 3 is 2.43 bits per heavy atom. The van der Waals surface area contributed by atoms with Crippen molar-refractivity contribution in [3.63, 3.8) is 0 Å². The van der Waals surface area contributed by atoms with E-state index in [1.165, 1.54) is 0 Å². The van der Waals surface area contributed by atoms with E-state index in [9.17, 15) is 14.7 Å². The van der Waals surface area contributed by atoms with Crippen LogP contribution in [0.15, 0.2) is 120 Å². The number of amides is 2. The largest absolute Gasteiger partial charge is 0.395 e. The summed E-state index contributed by atoms with van der Waals surface area (Å²) in [6.45, 7) is 5.94. The summed E-state index contributed by atoms with van der Waals surface area (Å²) in [5.74, 6) is -1.03. The smallest absolute Gasteiger partial charge is 0.264 e. The maximum atomic E-state index is 16.5. The molecule has 0 saturated carbocycles. The minimum atomic E-state index is -3.39. The molecule has 4 heterocycles. The van der Waals surface area contributed by atoms with E-state index < -0.39 is 31.6 Å². The van der Waals surface area contributed by atoms with E-state index in [4.69, 9.17) is 4.74 Å². The number of carbonyl (C=O) groups excluding carboxylic acids is 2. The van der Waals surface area contributed by atoms with Crippen LogP contribution >= 0.6 is 15.9 Å². The highest BCUT2D eigenvalue weighted by Crippen LogP contribution is 2.60. The van der Waals surface area contributed by atoms with Gasteiger partial charge in [0, 0.05) is 45.3 Å². The van der Waals surface area contributed by atoms with Crippen LogP contribution in [-0.4, -0.2) is 53.0 Å². The third kappa shape index (κ3) is 5.84. The molecule has 9 rings (SSSR count). The molecule has 5 atom stereocenters. The van der Waals surface area contributed by atoms with Crippen molar-refractivity contribution < 1.29 is 23.5 Å². The van der Waals surface area contributed by atoms with Crippen molar-refractivity contribution >= 4 is 64.0 Å². The number of aliphatic hydroxyl groups excluding tert-OH is 1. The number of nitrogens with zero attached hydrogens (tertiary/aromatic N) is 5. The standard InChI is InChI=1S/C44H41BrFN5O4Si/c1-27-41(56(2,3)46)39(21-22-49-25-36(47-48-49)34(26-52)29-9-5-4-6-10-29)55-44(27)35-23-31(45)17-20-37(35)50(43(44)54)24-28-15-18-32(19-16-28)51-38-14-8-12-30-11-7-13-33(40(30)38)42(51)53/h4-20,23,25,27,34,39,41,52H,21-22,24,26H2,1-3H3/t27-,34?,39+,41-,44+/m0/s1. The summed E-state index contributed by atoms with van der Waals surface area (Å²) in [4.78, 5) is 32.1. The molecule has 0 radical (unpaired) electrons. The van der Waals surface area contributed by atoms with Crippen molar-refractivity contribution in [3.05, 3.63) is 148 Å². The number of aliphatic hydroxyl groups is 1. The number of carbonyl (C=O) groups is 2. The van der Waals surface area contributed by atoms with Gasteiger partial charge in [0.1, 0.15) is 0 Å². The number of hydrogen-bond donors (Lipinski definition) is 1. The van der Waals surface area contributed by atoms with Crippen LogP contribution in [0.4, 0.5) is 21.2 Å². The molecular formula is C44H41BrFN5O4Si. The maximum Gasteiger partial charge on any atom is 0.264 e. The summed E-state index contributed by atoms with van der Waals surface area (Å²) in [7, 11) is -3.39. The maximum absolute atomic E-state index is 16.5. The predicted octanol–water partition coefficient (Wildman–Crippen LogP) is 9.02. The third-order valence-electron chi connectivity index (χ3n) is 12.0. The van der Waals surface area contributed by atoms with Gasteiger partial charge in [-0.3, -0.25) is 19.2 Å². The van der Waals surface area contributed by atoms with E-state index in [0.717, 1.165) is 49.0 Å². The molecule has 1 fully saturated rings. The Bertz CT molecular complexity index is 2490. The number of hydrogen-bond acceptors (Lipinski definition) is 6. The molecule has 0 bridgehead atoms. The number of rotatable bonds is 10. The highest BCUT2D eigenvalue weighted by atomic mass is 79.9. The van der Waals surface area contributed by atoms with Crippen LogP contribution < -0.4 is 9.80 Å². The zero-order chi connectivity index (χ0) is 38.9. The molecule has 0 aliphatic carbocycles. The van der Waals surface area contributed by atoms with Crippen LogP contribution in [0, 0.1) is 5.92 Å². The lowest BCUT2D eigenvalue weighted by Crippen LogP contribution is -2.45. The molecule has 2 amide bonds. The van der Waals surface area contributed by atoms with Crippen LogP contribution in [0.25, 0.3) is 10.8 Å². The van der Waals surface area contributed by atoms with E-state index in [1.807, 2.05) is 122 Å². The van der Waals surface area contributed by atoms with E-state index in [2.05, 4.69) is 26.2 Å². The van der Waals surface area contributed by atoms with Gasteiger partial charge in [-0.15, -0.1) is 5.10 Å². The first-order chi connectivity index (χ1) is 27.0. The quantitative estimate of drug-likeness (QED) is 0.109. The second-order valence-corrected chi connectivity index (χ2v) is 20.4. The number of benzene rings is 5.